The number of rotatable bonds is 4. The van der Waals surface area contributed by atoms with Crippen molar-refractivity contribution in [3.05, 3.63) is 48.3 Å². The van der Waals surface area contributed by atoms with Gasteiger partial charge in [-0.05, 0) is 30.2 Å². The first-order chi connectivity index (χ1) is 7.88. The van der Waals surface area contributed by atoms with Gasteiger partial charge in [0, 0.05) is 6.54 Å². The Morgan fingerprint density at radius 1 is 1.50 bits per heavy atom. The summed E-state index contributed by atoms with van der Waals surface area (Å²) in [5.74, 6) is 0. The van der Waals surface area contributed by atoms with Gasteiger partial charge in [-0.1, -0.05) is 38.7 Å². The van der Waals surface area contributed by atoms with E-state index in [4.69, 9.17) is 4.74 Å². The van der Waals surface area contributed by atoms with Crippen LogP contribution in [0.15, 0.2) is 48.3 Å². The summed E-state index contributed by atoms with van der Waals surface area (Å²) >= 11 is 0. The van der Waals surface area contributed by atoms with Gasteiger partial charge in [0.15, 0.2) is 0 Å². The Balaban J connectivity index is 0.00000106. The lowest BCUT2D eigenvalue weighted by molar-refractivity contribution is 0.338. The zero-order valence-corrected chi connectivity index (χ0v) is 10.6. The van der Waals surface area contributed by atoms with E-state index in [1.165, 1.54) is 11.1 Å². The smallest absolute Gasteiger partial charge is 0.0824 e. The first kappa shape index (κ1) is 14.7. The van der Waals surface area contributed by atoms with Gasteiger partial charge in [0.25, 0.3) is 0 Å². The number of hydrogen-bond acceptors (Lipinski definition) is 2. The SMILES string of the molecule is C=C/C(=C\C=C\OC)C1=CCNCC1.CC. The minimum atomic E-state index is 0.953. The number of nitrogens with one attached hydrogen (secondary N) is 1. The fraction of sp³-hybridized carbons (Fsp3) is 0.429. The highest BCUT2D eigenvalue weighted by Gasteiger charge is 2.04. The molecule has 0 aromatic heterocycles. The molecule has 2 heteroatoms. The topological polar surface area (TPSA) is 21.3 Å². The minimum absolute atomic E-state index is 0.953. The normalized spacial score (nSPS) is 16.2. The number of hydrogen-bond donors (Lipinski definition) is 1. The molecule has 0 aromatic rings. The molecule has 0 amide bonds. The van der Waals surface area contributed by atoms with Crippen LogP contribution in [0.1, 0.15) is 20.3 Å². The van der Waals surface area contributed by atoms with E-state index in [0.717, 1.165) is 19.5 Å². The number of allylic oxidation sites excluding steroid dienone is 4. The van der Waals surface area contributed by atoms with E-state index >= 15 is 0 Å². The Morgan fingerprint density at radius 3 is 2.75 bits per heavy atom. The van der Waals surface area contributed by atoms with Crippen molar-refractivity contribution < 1.29 is 4.74 Å². The molecule has 0 radical (unpaired) electrons. The van der Waals surface area contributed by atoms with E-state index in [-0.39, 0.29) is 0 Å². The molecule has 16 heavy (non-hydrogen) atoms. The first-order valence-corrected chi connectivity index (χ1v) is 5.80. The molecular weight excluding hydrogens is 198 g/mol. The summed E-state index contributed by atoms with van der Waals surface area (Å²) in [7, 11) is 1.64. The van der Waals surface area contributed by atoms with Gasteiger partial charge >= 0.3 is 0 Å². The van der Waals surface area contributed by atoms with Crippen LogP contribution in [-0.2, 0) is 4.74 Å². The van der Waals surface area contributed by atoms with Gasteiger partial charge in [-0.3, -0.25) is 0 Å². The molecule has 0 bridgehead atoms. The molecule has 0 aromatic carbocycles. The molecule has 0 fully saturated rings. The molecule has 0 spiro atoms. The number of ether oxygens (including phenoxy) is 1. The monoisotopic (exact) mass is 221 g/mol. The lowest BCUT2D eigenvalue weighted by atomic mass is 10.00. The standard InChI is InChI=1S/C12H17NO.C2H6/c1-3-11(5-4-10-14-2)12-6-8-13-9-7-12;1-2/h3-6,10,13H,1,7-9H2,2H3;1-2H3/b10-4+,11-5+;. The molecule has 1 aliphatic rings. The maximum atomic E-state index is 4.83. The summed E-state index contributed by atoms with van der Waals surface area (Å²) in [6.45, 7) is 9.81. The molecule has 0 unspecified atom stereocenters. The van der Waals surface area contributed by atoms with Crippen LogP contribution in [-0.4, -0.2) is 20.2 Å². The zero-order chi connectivity index (χ0) is 12.2. The van der Waals surface area contributed by atoms with Crippen molar-refractivity contribution >= 4 is 0 Å². The Morgan fingerprint density at radius 2 is 2.25 bits per heavy atom. The van der Waals surface area contributed by atoms with Gasteiger partial charge in [-0.25, -0.2) is 0 Å². The number of methoxy groups -OCH3 is 1. The van der Waals surface area contributed by atoms with Crippen molar-refractivity contribution in [2.45, 2.75) is 20.3 Å². The van der Waals surface area contributed by atoms with E-state index in [1.54, 1.807) is 13.4 Å². The molecule has 1 heterocycles. The highest BCUT2D eigenvalue weighted by Crippen LogP contribution is 2.16. The largest absolute Gasteiger partial charge is 0.504 e. The van der Waals surface area contributed by atoms with Crippen molar-refractivity contribution in [1.82, 2.24) is 5.32 Å². The highest BCUT2D eigenvalue weighted by atomic mass is 16.5. The van der Waals surface area contributed by atoms with Crippen LogP contribution < -0.4 is 5.32 Å². The second-order valence-corrected chi connectivity index (χ2v) is 3.07. The van der Waals surface area contributed by atoms with Gasteiger partial charge in [-0.2, -0.15) is 0 Å². The zero-order valence-electron chi connectivity index (χ0n) is 10.6. The van der Waals surface area contributed by atoms with Gasteiger partial charge in [0.1, 0.15) is 0 Å². The Kier molecular flexibility index (Phi) is 9.43. The average Bonchev–Trinajstić information content (AvgIpc) is 2.38. The van der Waals surface area contributed by atoms with Gasteiger partial charge < -0.3 is 10.1 Å². The fourth-order valence-corrected chi connectivity index (χ4v) is 1.41. The van der Waals surface area contributed by atoms with Crippen molar-refractivity contribution in [2.24, 2.45) is 0 Å². The second-order valence-electron chi connectivity index (χ2n) is 3.07. The summed E-state index contributed by atoms with van der Waals surface area (Å²) in [5, 5.41) is 3.28. The van der Waals surface area contributed by atoms with E-state index in [1.807, 2.05) is 32.1 Å². The minimum Gasteiger partial charge on any atom is -0.504 e. The lowest BCUT2D eigenvalue weighted by Crippen LogP contribution is -2.20. The van der Waals surface area contributed by atoms with E-state index < -0.39 is 0 Å². The van der Waals surface area contributed by atoms with Gasteiger partial charge in [0.2, 0.25) is 0 Å². The average molecular weight is 221 g/mol. The maximum absolute atomic E-state index is 4.83. The van der Waals surface area contributed by atoms with Crippen molar-refractivity contribution in [3.8, 4) is 0 Å². The third-order valence-corrected chi connectivity index (χ3v) is 2.15. The second kappa shape index (κ2) is 10.2. The molecule has 0 saturated heterocycles. The van der Waals surface area contributed by atoms with Gasteiger partial charge in [-0.15, -0.1) is 0 Å². The Hall–Kier alpha value is -1.28. The Bertz CT molecular complexity index is 274. The summed E-state index contributed by atoms with van der Waals surface area (Å²) in [6, 6.07) is 0. The van der Waals surface area contributed by atoms with E-state index in [2.05, 4.69) is 18.0 Å². The molecule has 0 aliphatic carbocycles. The van der Waals surface area contributed by atoms with Crippen LogP contribution in [0.3, 0.4) is 0 Å². The fourth-order valence-electron chi connectivity index (χ4n) is 1.41. The summed E-state index contributed by atoms with van der Waals surface area (Å²) in [6.07, 6.45) is 10.7. The molecular formula is C14H23NO. The van der Waals surface area contributed by atoms with Crippen molar-refractivity contribution in [1.29, 1.82) is 0 Å². The summed E-state index contributed by atoms with van der Waals surface area (Å²) < 4.78 is 4.83. The highest BCUT2D eigenvalue weighted by molar-refractivity contribution is 5.41. The lowest BCUT2D eigenvalue weighted by Gasteiger charge is -2.14. The molecule has 1 N–H and O–H groups in total. The van der Waals surface area contributed by atoms with Crippen LogP contribution in [0.25, 0.3) is 0 Å². The molecule has 1 aliphatic heterocycles. The van der Waals surface area contributed by atoms with Crippen LogP contribution in [0.5, 0.6) is 0 Å². The summed E-state index contributed by atoms with van der Waals surface area (Å²) in [4.78, 5) is 0. The molecule has 2 nitrogen and oxygen atoms in total. The van der Waals surface area contributed by atoms with E-state index in [9.17, 15) is 0 Å². The first-order valence-electron chi connectivity index (χ1n) is 5.80. The third kappa shape index (κ3) is 5.56. The summed E-state index contributed by atoms with van der Waals surface area (Å²) in [5.41, 5.74) is 2.54. The van der Waals surface area contributed by atoms with E-state index in [0.29, 0.717) is 0 Å². The van der Waals surface area contributed by atoms with Crippen LogP contribution in [0.4, 0.5) is 0 Å². The van der Waals surface area contributed by atoms with Crippen LogP contribution in [0.2, 0.25) is 0 Å². The maximum Gasteiger partial charge on any atom is 0.0824 e. The molecule has 0 saturated carbocycles. The Labute approximate surface area is 99.4 Å². The molecule has 90 valence electrons. The van der Waals surface area contributed by atoms with Crippen molar-refractivity contribution in [3.63, 3.8) is 0 Å². The molecule has 0 atom stereocenters. The quantitative estimate of drug-likeness (QED) is 0.581. The van der Waals surface area contributed by atoms with Crippen LogP contribution >= 0.6 is 0 Å². The van der Waals surface area contributed by atoms with Crippen LogP contribution in [0, 0.1) is 0 Å². The molecule has 1 rings (SSSR count). The van der Waals surface area contributed by atoms with Gasteiger partial charge in [0.05, 0.1) is 13.4 Å². The third-order valence-electron chi connectivity index (χ3n) is 2.15. The predicted octanol–water partition coefficient (Wildman–Crippen LogP) is 3.20. The van der Waals surface area contributed by atoms with Crippen molar-refractivity contribution in [2.75, 3.05) is 20.2 Å². The predicted molar refractivity (Wildman–Crippen MR) is 71.3 cm³/mol.